The average Bonchev–Trinajstić information content (AvgIpc) is 2.89. The summed E-state index contributed by atoms with van der Waals surface area (Å²) in [5, 5.41) is 0. The number of hydrogen-bond acceptors (Lipinski definition) is 4. The van der Waals surface area contributed by atoms with Crippen LogP contribution in [0.3, 0.4) is 0 Å². The Morgan fingerprint density at radius 3 is 2.37 bits per heavy atom. The molecule has 0 unspecified atom stereocenters. The number of carbonyl (C=O) groups excluding carboxylic acids is 1. The Kier molecular flexibility index (Phi) is 16.2. The minimum absolute atomic E-state index is 0.225. The number of ketones is 1. The van der Waals surface area contributed by atoms with Gasteiger partial charge in [0.15, 0.2) is 0 Å². The Morgan fingerprint density at radius 2 is 1.80 bits per heavy atom. The van der Waals surface area contributed by atoms with Gasteiger partial charge in [-0.15, -0.1) is 0 Å². The second kappa shape index (κ2) is 17.9. The van der Waals surface area contributed by atoms with Crippen LogP contribution in [0, 0.1) is 5.92 Å². The van der Waals surface area contributed by atoms with Crippen molar-refractivity contribution in [2.75, 3.05) is 32.7 Å². The van der Waals surface area contributed by atoms with Crippen LogP contribution in [0.25, 0.3) is 0 Å². The number of rotatable bonds is 13. The maximum Gasteiger partial charge on any atom is 0.136 e. The molecule has 1 aliphatic heterocycles. The lowest BCUT2D eigenvalue weighted by atomic mass is 9.89. The SMILES string of the molecule is CC.CCCN(CCCC(=O)C1CCN(CC(=C/N)/C(C)=C(\C)CC)CC1)Cc1ccccc1Br. The highest BCUT2D eigenvalue weighted by atomic mass is 79.9. The quantitative estimate of drug-likeness (QED) is 0.262. The highest BCUT2D eigenvalue weighted by Crippen LogP contribution is 2.24. The number of Topliss-reactive ketones (excluding diaryl/α,β-unsaturated/α-hetero) is 1. The molecule has 0 amide bonds. The van der Waals surface area contributed by atoms with Crippen molar-refractivity contribution in [1.29, 1.82) is 0 Å². The molecule has 1 aromatic carbocycles. The minimum atomic E-state index is 0.225. The maximum absolute atomic E-state index is 12.9. The Bertz CT molecular complexity index is 810. The molecule has 1 aliphatic rings. The largest absolute Gasteiger partial charge is 0.404 e. The molecular weight excluding hydrogens is 498 g/mol. The molecule has 0 aromatic heterocycles. The monoisotopic (exact) mass is 547 g/mol. The van der Waals surface area contributed by atoms with Gasteiger partial charge in [-0.3, -0.25) is 14.6 Å². The van der Waals surface area contributed by atoms with Crippen LogP contribution in [0.15, 0.2) is 51.7 Å². The van der Waals surface area contributed by atoms with Crippen molar-refractivity contribution in [1.82, 2.24) is 9.80 Å². The summed E-state index contributed by atoms with van der Waals surface area (Å²) in [6, 6.07) is 8.43. The molecule has 0 bridgehead atoms. The molecule has 2 N–H and O–H groups in total. The minimum Gasteiger partial charge on any atom is -0.404 e. The molecule has 1 fully saturated rings. The van der Waals surface area contributed by atoms with Crippen molar-refractivity contribution in [2.24, 2.45) is 11.7 Å². The molecule has 2 rings (SSSR count). The van der Waals surface area contributed by atoms with E-state index in [-0.39, 0.29) is 5.92 Å². The van der Waals surface area contributed by atoms with Crippen molar-refractivity contribution in [3.63, 3.8) is 0 Å². The standard InChI is InChI=1S/C28H44BrN3O.C2H6/c1-5-15-31(20-25-10-7-8-11-27(25)29)16-9-12-28(33)24-13-17-32(18-14-24)21-26(19-30)23(4)22(3)6-2;1-2/h7-8,10-11,19,24H,5-6,9,12-18,20-21,30H2,1-4H3;1-2H3/b23-22+,26-19-;. The summed E-state index contributed by atoms with van der Waals surface area (Å²) in [5.41, 5.74) is 11.2. The summed E-state index contributed by atoms with van der Waals surface area (Å²) < 4.78 is 1.16. The van der Waals surface area contributed by atoms with Crippen LogP contribution in [0.5, 0.6) is 0 Å². The van der Waals surface area contributed by atoms with E-state index in [9.17, 15) is 4.79 Å². The highest BCUT2D eigenvalue weighted by molar-refractivity contribution is 9.10. The van der Waals surface area contributed by atoms with Gasteiger partial charge in [-0.05, 0) is 101 Å². The second-order valence-corrected chi connectivity index (χ2v) is 10.3. The number of carbonyl (C=O) groups is 1. The number of benzene rings is 1. The van der Waals surface area contributed by atoms with Gasteiger partial charge in [0, 0.05) is 29.9 Å². The van der Waals surface area contributed by atoms with Gasteiger partial charge in [-0.1, -0.05) is 67.4 Å². The fourth-order valence-corrected chi connectivity index (χ4v) is 5.03. The van der Waals surface area contributed by atoms with Gasteiger partial charge in [0.25, 0.3) is 0 Å². The van der Waals surface area contributed by atoms with Crippen LogP contribution in [0.4, 0.5) is 0 Å². The molecule has 0 radical (unpaired) electrons. The Morgan fingerprint density at radius 1 is 1.14 bits per heavy atom. The third kappa shape index (κ3) is 11.0. The van der Waals surface area contributed by atoms with Gasteiger partial charge in [0.05, 0.1) is 0 Å². The first-order chi connectivity index (χ1) is 16.9. The molecule has 0 saturated carbocycles. The van der Waals surface area contributed by atoms with E-state index in [1.54, 1.807) is 6.20 Å². The van der Waals surface area contributed by atoms with Gasteiger partial charge in [0.2, 0.25) is 0 Å². The van der Waals surface area contributed by atoms with E-state index >= 15 is 0 Å². The van der Waals surface area contributed by atoms with Crippen molar-refractivity contribution in [3.05, 3.63) is 57.2 Å². The number of piperidine rings is 1. The number of nitrogens with zero attached hydrogens (tertiary/aromatic N) is 2. The zero-order valence-corrected chi connectivity index (χ0v) is 24.8. The number of allylic oxidation sites excluding steroid dienone is 1. The molecule has 1 aromatic rings. The zero-order valence-electron chi connectivity index (χ0n) is 23.2. The number of likely N-dealkylation sites (tertiary alicyclic amines) is 1. The van der Waals surface area contributed by atoms with Crippen molar-refractivity contribution in [2.45, 2.75) is 86.6 Å². The Balaban J connectivity index is 0.00000298. The van der Waals surface area contributed by atoms with Crippen LogP contribution in [-0.2, 0) is 11.3 Å². The van der Waals surface area contributed by atoms with Gasteiger partial charge < -0.3 is 5.73 Å². The first-order valence-electron chi connectivity index (χ1n) is 13.7. The first kappa shape index (κ1) is 31.6. The fraction of sp³-hybridized carbons (Fsp3) is 0.633. The predicted molar refractivity (Wildman–Crippen MR) is 155 cm³/mol. The first-order valence-corrected chi connectivity index (χ1v) is 14.5. The molecule has 0 atom stereocenters. The summed E-state index contributed by atoms with van der Waals surface area (Å²) in [6.07, 6.45) is 7.54. The molecule has 5 heteroatoms. The lowest BCUT2D eigenvalue weighted by molar-refractivity contribution is -0.124. The number of halogens is 1. The molecule has 1 heterocycles. The topological polar surface area (TPSA) is 49.6 Å². The van der Waals surface area contributed by atoms with E-state index in [1.807, 2.05) is 13.8 Å². The summed E-state index contributed by atoms with van der Waals surface area (Å²) in [4.78, 5) is 17.8. The summed E-state index contributed by atoms with van der Waals surface area (Å²) in [6.45, 7) is 18.6. The van der Waals surface area contributed by atoms with Crippen molar-refractivity contribution in [3.8, 4) is 0 Å². The average molecular weight is 549 g/mol. The third-order valence-corrected chi connectivity index (χ3v) is 7.85. The molecule has 0 spiro atoms. The molecular formula is C30H50BrN3O. The van der Waals surface area contributed by atoms with E-state index in [4.69, 9.17) is 5.73 Å². The lowest BCUT2D eigenvalue weighted by Gasteiger charge is -2.32. The Labute approximate surface area is 224 Å². The molecule has 0 aliphatic carbocycles. The van der Waals surface area contributed by atoms with E-state index in [0.29, 0.717) is 12.2 Å². The van der Waals surface area contributed by atoms with Gasteiger partial charge in [-0.2, -0.15) is 0 Å². The van der Waals surface area contributed by atoms with Gasteiger partial charge >= 0.3 is 0 Å². The summed E-state index contributed by atoms with van der Waals surface area (Å²) in [5.74, 6) is 0.683. The van der Waals surface area contributed by atoms with E-state index in [0.717, 1.165) is 75.8 Å². The molecule has 4 nitrogen and oxygen atoms in total. The number of nitrogens with two attached hydrogens (primary N) is 1. The number of hydrogen-bond donors (Lipinski definition) is 1. The normalized spacial score (nSPS) is 16.1. The lowest BCUT2D eigenvalue weighted by Crippen LogP contribution is -2.38. The maximum atomic E-state index is 12.9. The molecule has 198 valence electrons. The van der Waals surface area contributed by atoms with Crippen molar-refractivity contribution < 1.29 is 4.79 Å². The zero-order chi connectivity index (χ0) is 26.2. The molecule has 1 saturated heterocycles. The van der Waals surface area contributed by atoms with Gasteiger partial charge in [-0.25, -0.2) is 0 Å². The van der Waals surface area contributed by atoms with Crippen LogP contribution >= 0.6 is 15.9 Å². The van der Waals surface area contributed by atoms with E-state index in [1.165, 1.54) is 22.3 Å². The van der Waals surface area contributed by atoms with Crippen LogP contribution in [-0.4, -0.2) is 48.3 Å². The van der Waals surface area contributed by atoms with E-state index in [2.05, 4.69) is 77.7 Å². The van der Waals surface area contributed by atoms with Crippen molar-refractivity contribution >= 4 is 21.7 Å². The fourth-order valence-electron chi connectivity index (χ4n) is 4.62. The van der Waals surface area contributed by atoms with Gasteiger partial charge in [0.1, 0.15) is 5.78 Å². The van der Waals surface area contributed by atoms with Crippen LogP contribution in [0.1, 0.15) is 85.6 Å². The van der Waals surface area contributed by atoms with E-state index < -0.39 is 0 Å². The van der Waals surface area contributed by atoms with Crippen LogP contribution in [0.2, 0.25) is 0 Å². The molecule has 35 heavy (non-hydrogen) atoms. The summed E-state index contributed by atoms with van der Waals surface area (Å²) >= 11 is 3.66. The smallest absolute Gasteiger partial charge is 0.136 e. The second-order valence-electron chi connectivity index (χ2n) is 9.44. The third-order valence-electron chi connectivity index (χ3n) is 7.08. The predicted octanol–water partition coefficient (Wildman–Crippen LogP) is 7.34. The summed E-state index contributed by atoms with van der Waals surface area (Å²) in [7, 11) is 0. The Hall–Kier alpha value is -1.43. The highest BCUT2D eigenvalue weighted by Gasteiger charge is 2.25. The van der Waals surface area contributed by atoms with Crippen LogP contribution < -0.4 is 5.73 Å².